The lowest BCUT2D eigenvalue weighted by atomic mass is 10.1. The number of halogens is 1. The summed E-state index contributed by atoms with van der Waals surface area (Å²) < 4.78 is 4.98. The Labute approximate surface area is 97.2 Å². The van der Waals surface area contributed by atoms with Gasteiger partial charge in [-0.2, -0.15) is 0 Å². The number of rotatable bonds is 2. The molecule has 0 amide bonds. The van der Waals surface area contributed by atoms with Crippen LogP contribution in [0.25, 0.3) is 0 Å². The van der Waals surface area contributed by atoms with Crippen molar-refractivity contribution in [1.29, 1.82) is 0 Å². The van der Waals surface area contributed by atoms with E-state index in [0.29, 0.717) is 16.3 Å². The van der Waals surface area contributed by atoms with Gasteiger partial charge in [0.25, 0.3) is 0 Å². The molecule has 1 aromatic rings. The van der Waals surface area contributed by atoms with Crippen molar-refractivity contribution in [3.63, 3.8) is 0 Å². The standard InChI is InChI=1S/C9H9ClO2.C2H6.CH4/c1-6(11)8-4-3-7(10)5-9(8)12-2;1-2;/h3-5H,1-2H3;1-2H3;1H4. The number of Topliss-reactive ketones (excluding diaryl/α,β-unsaturated/α-hetero) is 1. The first-order valence-electron chi connectivity index (χ1n) is 4.49. The van der Waals surface area contributed by atoms with E-state index in [1.54, 1.807) is 18.2 Å². The highest BCUT2D eigenvalue weighted by molar-refractivity contribution is 6.30. The van der Waals surface area contributed by atoms with E-state index in [4.69, 9.17) is 16.3 Å². The van der Waals surface area contributed by atoms with Crippen LogP contribution in [-0.4, -0.2) is 12.9 Å². The lowest BCUT2D eigenvalue weighted by Crippen LogP contribution is -1.96. The van der Waals surface area contributed by atoms with Crippen molar-refractivity contribution in [1.82, 2.24) is 0 Å². The molecule has 2 nitrogen and oxygen atoms in total. The Kier molecular flexibility index (Phi) is 9.08. The Balaban J connectivity index is 0. The van der Waals surface area contributed by atoms with Gasteiger partial charge < -0.3 is 4.74 Å². The SMILES string of the molecule is C.CC.COc1cc(Cl)ccc1C(C)=O. The fourth-order valence-electron chi connectivity index (χ4n) is 0.956. The molecule has 0 aliphatic rings. The number of carbonyl (C=O) groups excluding carboxylic acids is 1. The number of hydrogen-bond acceptors (Lipinski definition) is 2. The van der Waals surface area contributed by atoms with Gasteiger partial charge in [0.05, 0.1) is 12.7 Å². The third-order valence-electron chi connectivity index (χ3n) is 1.54. The van der Waals surface area contributed by atoms with Gasteiger partial charge in [-0.15, -0.1) is 0 Å². The van der Waals surface area contributed by atoms with Gasteiger partial charge in [-0.1, -0.05) is 32.9 Å². The molecule has 1 aromatic carbocycles. The molecule has 1 rings (SSSR count). The molecule has 86 valence electrons. The summed E-state index contributed by atoms with van der Waals surface area (Å²) in [5, 5.41) is 0.567. The van der Waals surface area contributed by atoms with Crippen LogP contribution < -0.4 is 4.74 Å². The Bertz CT molecular complexity index is 308. The first-order chi connectivity index (χ1) is 6.65. The number of methoxy groups -OCH3 is 1. The topological polar surface area (TPSA) is 26.3 Å². The average molecular weight is 231 g/mol. The fraction of sp³-hybridized carbons (Fsp3) is 0.417. The van der Waals surface area contributed by atoms with Crippen LogP contribution >= 0.6 is 11.6 Å². The zero-order valence-corrected chi connectivity index (χ0v) is 9.68. The smallest absolute Gasteiger partial charge is 0.163 e. The molecule has 0 bridgehead atoms. The van der Waals surface area contributed by atoms with Crippen molar-refractivity contribution < 1.29 is 9.53 Å². The van der Waals surface area contributed by atoms with Crippen LogP contribution in [-0.2, 0) is 0 Å². The van der Waals surface area contributed by atoms with E-state index in [1.807, 2.05) is 13.8 Å². The highest BCUT2D eigenvalue weighted by atomic mass is 35.5. The molecule has 0 fully saturated rings. The summed E-state index contributed by atoms with van der Waals surface area (Å²) in [6, 6.07) is 4.95. The molecule has 0 N–H and O–H groups in total. The molecule has 0 saturated heterocycles. The molecule has 0 saturated carbocycles. The second kappa shape index (κ2) is 8.30. The predicted molar refractivity (Wildman–Crippen MR) is 66.1 cm³/mol. The average Bonchev–Trinajstić information content (AvgIpc) is 2.20. The highest BCUT2D eigenvalue weighted by Gasteiger charge is 2.06. The molecule has 0 radical (unpaired) electrons. The lowest BCUT2D eigenvalue weighted by molar-refractivity contribution is 0.101. The van der Waals surface area contributed by atoms with E-state index >= 15 is 0 Å². The van der Waals surface area contributed by atoms with Crippen molar-refractivity contribution in [2.45, 2.75) is 28.2 Å². The fourth-order valence-corrected chi connectivity index (χ4v) is 1.12. The van der Waals surface area contributed by atoms with Crippen LogP contribution in [0.5, 0.6) is 5.75 Å². The molecular weight excluding hydrogens is 212 g/mol. The summed E-state index contributed by atoms with van der Waals surface area (Å²) in [4.78, 5) is 11.0. The van der Waals surface area contributed by atoms with Crippen LogP contribution in [0.15, 0.2) is 18.2 Å². The monoisotopic (exact) mass is 230 g/mol. The van der Waals surface area contributed by atoms with E-state index in [2.05, 4.69) is 0 Å². The minimum absolute atomic E-state index is 0. The predicted octanol–water partition coefficient (Wildman–Crippen LogP) is 4.21. The summed E-state index contributed by atoms with van der Waals surface area (Å²) in [7, 11) is 1.51. The van der Waals surface area contributed by atoms with Gasteiger partial charge in [0, 0.05) is 5.02 Å². The molecule has 0 aliphatic heterocycles. The van der Waals surface area contributed by atoms with Crippen molar-refractivity contribution in [2.24, 2.45) is 0 Å². The van der Waals surface area contributed by atoms with Crippen LogP contribution in [0.4, 0.5) is 0 Å². The third-order valence-corrected chi connectivity index (χ3v) is 1.78. The van der Waals surface area contributed by atoms with Gasteiger partial charge in [-0.25, -0.2) is 0 Å². The number of ketones is 1. The number of ether oxygens (including phenoxy) is 1. The summed E-state index contributed by atoms with van der Waals surface area (Å²) >= 11 is 5.71. The van der Waals surface area contributed by atoms with E-state index in [1.165, 1.54) is 14.0 Å². The van der Waals surface area contributed by atoms with E-state index < -0.39 is 0 Å². The third kappa shape index (κ3) is 4.84. The molecule has 0 aliphatic carbocycles. The minimum Gasteiger partial charge on any atom is -0.496 e. The molecule has 3 heteroatoms. The second-order valence-electron chi connectivity index (χ2n) is 2.40. The maximum Gasteiger partial charge on any atom is 0.163 e. The quantitative estimate of drug-likeness (QED) is 0.712. The maximum absolute atomic E-state index is 11.0. The van der Waals surface area contributed by atoms with Crippen LogP contribution in [0.3, 0.4) is 0 Å². The van der Waals surface area contributed by atoms with Crippen LogP contribution in [0.2, 0.25) is 5.02 Å². The molecule has 0 spiro atoms. The van der Waals surface area contributed by atoms with Crippen molar-refractivity contribution in [2.75, 3.05) is 7.11 Å². The summed E-state index contributed by atoms with van der Waals surface area (Å²) in [6.45, 7) is 5.49. The molecule has 0 atom stereocenters. The zero-order valence-electron chi connectivity index (χ0n) is 8.93. The Morgan fingerprint density at radius 1 is 1.33 bits per heavy atom. The second-order valence-corrected chi connectivity index (χ2v) is 2.84. The number of hydrogen-bond donors (Lipinski definition) is 0. The highest BCUT2D eigenvalue weighted by Crippen LogP contribution is 2.23. The maximum atomic E-state index is 11.0. The largest absolute Gasteiger partial charge is 0.496 e. The van der Waals surface area contributed by atoms with E-state index in [0.717, 1.165) is 0 Å². The first-order valence-corrected chi connectivity index (χ1v) is 4.87. The van der Waals surface area contributed by atoms with Gasteiger partial charge in [0.2, 0.25) is 0 Å². The molecule has 0 unspecified atom stereocenters. The molecular formula is C12H19ClO2. The number of benzene rings is 1. The van der Waals surface area contributed by atoms with E-state index in [-0.39, 0.29) is 13.2 Å². The first kappa shape index (κ1) is 16.4. The van der Waals surface area contributed by atoms with Crippen molar-refractivity contribution in [3.05, 3.63) is 28.8 Å². The molecule has 15 heavy (non-hydrogen) atoms. The van der Waals surface area contributed by atoms with Gasteiger partial charge in [0.15, 0.2) is 5.78 Å². The summed E-state index contributed by atoms with van der Waals surface area (Å²) in [5.74, 6) is 0.499. The number of carbonyl (C=O) groups is 1. The van der Waals surface area contributed by atoms with Gasteiger partial charge in [0.1, 0.15) is 5.75 Å². The zero-order chi connectivity index (χ0) is 11.1. The summed E-state index contributed by atoms with van der Waals surface area (Å²) in [5.41, 5.74) is 0.557. The van der Waals surface area contributed by atoms with E-state index in [9.17, 15) is 4.79 Å². The Morgan fingerprint density at radius 2 is 1.87 bits per heavy atom. The van der Waals surface area contributed by atoms with Gasteiger partial charge >= 0.3 is 0 Å². The van der Waals surface area contributed by atoms with Crippen LogP contribution in [0.1, 0.15) is 38.6 Å². The van der Waals surface area contributed by atoms with Gasteiger partial charge in [-0.05, 0) is 25.1 Å². The summed E-state index contributed by atoms with van der Waals surface area (Å²) in [6.07, 6.45) is 0. The molecule has 0 aromatic heterocycles. The normalized spacial score (nSPS) is 8.07. The van der Waals surface area contributed by atoms with Crippen LogP contribution in [0, 0.1) is 0 Å². The Hall–Kier alpha value is -1.02. The van der Waals surface area contributed by atoms with Gasteiger partial charge in [-0.3, -0.25) is 4.79 Å². The lowest BCUT2D eigenvalue weighted by Gasteiger charge is -2.04. The molecule has 0 heterocycles. The van der Waals surface area contributed by atoms with Crippen molar-refractivity contribution >= 4 is 17.4 Å². The minimum atomic E-state index is -0.0245. The van der Waals surface area contributed by atoms with Crippen molar-refractivity contribution in [3.8, 4) is 5.75 Å². The Morgan fingerprint density at radius 3 is 2.27 bits per heavy atom.